The fourth-order valence-corrected chi connectivity index (χ4v) is 4.13. The highest BCUT2D eigenvalue weighted by Crippen LogP contribution is 2.27. The van der Waals surface area contributed by atoms with Crippen LogP contribution in [0.2, 0.25) is 0 Å². The Labute approximate surface area is 126 Å². The van der Waals surface area contributed by atoms with Gasteiger partial charge in [0, 0.05) is 18.7 Å². The fourth-order valence-electron chi connectivity index (χ4n) is 2.40. The minimum Gasteiger partial charge on any atom is -0.389 e. The molecule has 2 N–H and O–H groups in total. The van der Waals surface area contributed by atoms with Gasteiger partial charge in [0.15, 0.2) is 0 Å². The van der Waals surface area contributed by atoms with Crippen molar-refractivity contribution in [1.29, 1.82) is 0 Å². The van der Waals surface area contributed by atoms with E-state index in [0.717, 1.165) is 6.42 Å². The molecule has 4 nitrogen and oxygen atoms in total. The molecule has 1 aliphatic rings. The van der Waals surface area contributed by atoms with E-state index >= 15 is 0 Å². The van der Waals surface area contributed by atoms with Crippen LogP contribution in [0.4, 0.5) is 0 Å². The minimum atomic E-state index is -3.46. The minimum absolute atomic E-state index is 0.211. The summed E-state index contributed by atoms with van der Waals surface area (Å²) in [5, 5.41) is 0. The lowest BCUT2D eigenvalue weighted by Crippen LogP contribution is -2.42. The second-order valence-electron chi connectivity index (χ2n) is 5.50. The van der Waals surface area contributed by atoms with Crippen molar-refractivity contribution in [2.75, 3.05) is 13.1 Å². The number of benzene rings is 1. The van der Waals surface area contributed by atoms with Gasteiger partial charge in [-0.3, -0.25) is 0 Å². The number of piperidine rings is 1. The predicted molar refractivity (Wildman–Crippen MR) is 84.0 cm³/mol. The van der Waals surface area contributed by atoms with Gasteiger partial charge in [0.05, 0.1) is 4.90 Å². The second-order valence-corrected chi connectivity index (χ2v) is 7.88. The predicted octanol–water partition coefficient (Wildman–Crippen LogP) is 1.99. The maximum absolute atomic E-state index is 12.7. The summed E-state index contributed by atoms with van der Waals surface area (Å²) in [5.74, 6) is 0.932. The van der Waals surface area contributed by atoms with Crippen LogP contribution in [-0.2, 0) is 10.0 Å². The Balaban J connectivity index is 2.31. The first-order chi connectivity index (χ1) is 9.32. The van der Waals surface area contributed by atoms with E-state index in [1.807, 2.05) is 0 Å². The average Bonchev–Trinajstić information content (AvgIpc) is 2.42. The molecule has 0 spiro atoms. The zero-order valence-corrected chi connectivity index (χ0v) is 13.4. The Morgan fingerprint density at radius 2 is 2.05 bits per heavy atom. The Kier molecular flexibility index (Phi) is 4.46. The molecule has 6 heteroatoms. The summed E-state index contributed by atoms with van der Waals surface area (Å²) in [6.45, 7) is 5.41. The number of rotatable bonds is 3. The number of hydrogen-bond acceptors (Lipinski definition) is 3. The zero-order valence-electron chi connectivity index (χ0n) is 11.7. The highest BCUT2D eigenvalue weighted by molar-refractivity contribution is 7.89. The van der Waals surface area contributed by atoms with Gasteiger partial charge in [-0.25, -0.2) is 8.42 Å². The third-order valence-electron chi connectivity index (χ3n) is 4.05. The summed E-state index contributed by atoms with van der Waals surface area (Å²) in [7, 11) is -3.46. The Hall–Kier alpha value is -0.980. The van der Waals surface area contributed by atoms with E-state index in [1.165, 1.54) is 0 Å². The van der Waals surface area contributed by atoms with Crippen molar-refractivity contribution in [2.45, 2.75) is 25.2 Å². The molecule has 2 unspecified atom stereocenters. The standard InChI is InChI=1S/C14H20N2O2S2/c1-10-6-7-16(9-11(10)2)20(17,18)13-5-3-4-12(8-13)14(15)19/h3-5,8,10-11H,6-7,9H2,1-2H3,(H2,15,19). The molecule has 2 atom stereocenters. The largest absolute Gasteiger partial charge is 0.389 e. The molecule has 1 aromatic carbocycles. The smallest absolute Gasteiger partial charge is 0.243 e. The molecule has 110 valence electrons. The molecule has 0 radical (unpaired) electrons. The van der Waals surface area contributed by atoms with Crippen molar-refractivity contribution < 1.29 is 8.42 Å². The van der Waals surface area contributed by atoms with E-state index in [2.05, 4.69) is 13.8 Å². The SMILES string of the molecule is CC1CCN(S(=O)(=O)c2cccc(C(N)=S)c2)CC1C. The topological polar surface area (TPSA) is 63.4 Å². The first-order valence-corrected chi connectivity index (χ1v) is 8.57. The molecule has 1 aromatic rings. The monoisotopic (exact) mass is 312 g/mol. The third-order valence-corrected chi connectivity index (χ3v) is 6.15. The van der Waals surface area contributed by atoms with Gasteiger partial charge in [0.1, 0.15) is 4.99 Å². The number of nitrogens with zero attached hydrogens (tertiary/aromatic N) is 1. The summed E-state index contributed by atoms with van der Waals surface area (Å²) in [6, 6.07) is 6.56. The molecular formula is C14H20N2O2S2. The van der Waals surface area contributed by atoms with E-state index in [-0.39, 0.29) is 9.88 Å². The van der Waals surface area contributed by atoms with Gasteiger partial charge in [0.25, 0.3) is 0 Å². The average molecular weight is 312 g/mol. The first kappa shape index (κ1) is 15.4. The summed E-state index contributed by atoms with van der Waals surface area (Å²) >= 11 is 4.90. The van der Waals surface area contributed by atoms with Gasteiger partial charge >= 0.3 is 0 Å². The van der Waals surface area contributed by atoms with Crippen LogP contribution in [-0.4, -0.2) is 30.8 Å². The van der Waals surface area contributed by atoms with E-state index in [1.54, 1.807) is 28.6 Å². The Morgan fingerprint density at radius 1 is 1.35 bits per heavy atom. The van der Waals surface area contributed by atoms with Crippen molar-refractivity contribution in [3.05, 3.63) is 29.8 Å². The van der Waals surface area contributed by atoms with Crippen molar-refractivity contribution in [3.8, 4) is 0 Å². The van der Waals surface area contributed by atoms with Crippen LogP contribution in [0.15, 0.2) is 29.2 Å². The summed E-state index contributed by atoms with van der Waals surface area (Å²) in [6.07, 6.45) is 0.898. The van der Waals surface area contributed by atoms with E-state index < -0.39 is 10.0 Å². The molecule has 1 fully saturated rings. The lowest BCUT2D eigenvalue weighted by molar-refractivity contribution is 0.212. The molecule has 0 amide bonds. The quantitative estimate of drug-likeness (QED) is 0.867. The lowest BCUT2D eigenvalue weighted by atomic mass is 9.90. The molecule has 20 heavy (non-hydrogen) atoms. The molecule has 0 aliphatic carbocycles. The molecular weight excluding hydrogens is 292 g/mol. The molecule has 1 aliphatic heterocycles. The molecule has 1 heterocycles. The van der Waals surface area contributed by atoms with Crippen LogP contribution in [0.25, 0.3) is 0 Å². The molecule has 0 saturated carbocycles. The third kappa shape index (κ3) is 3.02. The molecule has 0 aromatic heterocycles. The van der Waals surface area contributed by atoms with Crippen LogP contribution >= 0.6 is 12.2 Å². The van der Waals surface area contributed by atoms with Crippen LogP contribution in [0.1, 0.15) is 25.8 Å². The maximum atomic E-state index is 12.7. The highest BCUT2D eigenvalue weighted by atomic mass is 32.2. The Morgan fingerprint density at radius 3 is 2.65 bits per heavy atom. The molecule has 0 bridgehead atoms. The summed E-state index contributed by atoms with van der Waals surface area (Å²) in [4.78, 5) is 0.479. The van der Waals surface area contributed by atoms with Crippen LogP contribution in [0.3, 0.4) is 0 Å². The van der Waals surface area contributed by atoms with Gasteiger partial charge in [0.2, 0.25) is 10.0 Å². The van der Waals surface area contributed by atoms with Gasteiger partial charge in [-0.2, -0.15) is 4.31 Å². The number of hydrogen-bond donors (Lipinski definition) is 1. The zero-order chi connectivity index (χ0) is 14.9. The van der Waals surface area contributed by atoms with Crippen molar-refractivity contribution >= 4 is 27.2 Å². The number of sulfonamides is 1. The molecule has 1 saturated heterocycles. The van der Waals surface area contributed by atoms with Crippen LogP contribution < -0.4 is 5.73 Å². The second kappa shape index (κ2) is 5.79. The molecule has 2 rings (SSSR count). The van der Waals surface area contributed by atoms with Crippen LogP contribution in [0.5, 0.6) is 0 Å². The van der Waals surface area contributed by atoms with Crippen molar-refractivity contribution in [1.82, 2.24) is 4.31 Å². The van der Waals surface area contributed by atoms with Crippen molar-refractivity contribution in [3.63, 3.8) is 0 Å². The Bertz CT molecular complexity index is 613. The number of thiocarbonyl (C=S) groups is 1. The van der Waals surface area contributed by atoms with Gasteiger partial charge in [-0.1, -0.05) is 38.2 Å². The number of nitrogens with two attached hydrogens (primary N) is 1. The lowest BCUT2D eigenvalue weighted by Gasteiger charge is -2.34. The fraction of sp³-hybridized carbons (Fsp3) is 0.500. The normalized spacial score (nSPS) is 24.5. The van der Waals surface area contributed by atoms with Gasteiger partial charge < -0.3 is 5.73 Å². The van der Waals surface area contributed by atoms with Crippen LogP contribution in [0, 0.1) is 11.8 Å². The summed E-state index contributed by atoms with van der Waals surface area (Å²) in [5.41, 5.74) is 6.15. The van der Waals surface area contributed by atoms with E-state index in [0.29, 0.717) is 30.5 Å². The van der Waals surface area contributed by atoms with E-state index in [4.69, 9.17) is 18.0 Å². The first-order valence-electron chi connectivity index (χ1n) is 6.72. The maximum Gasteiger partial charge on any atom is 0.243 e. The van der Waals surface area contributed by atoms with E-state index in [9.17, 15) is 8.42 Å². The van der Waals surface area contributed by atoms with Gasteiger partial charge in [-0.15, -0.1) is 0 Å². The summed E-state index contributed by atoms with van der Waals surface area (Å²) < 4.78 is 26.9. The highest BCUT2D eigenvalue weighted by Gasteiger charge is 2.31. The van der Waals surface area contributed by atoms with Gasteiger partial charge in [-0.05, 0) is 30.4 Å². The van der Waals surface area contributed by atoms with Crippen molar-refractivity contribution in [2.24, 2.45) is 17.6 Å².